The van der Waals surface area contributed by atoms with Crippen LogP contribution >= 0.6 is 11.8 Å². The van der Waals surface area contributed by atoms with Crippen LogP contribution in [0.3, 0.4) is 0 Å². The Morgan fingerprint density at radius 3 is 3.00 bits per heavy atom. The van der Waals surface area contributed by atoms with E-state index in [1.807, 2.05) is 30.5 Å². The van der Waals surface area contributed by atoms with E-state index in [4.69, 9.17) is 5.26 Å². The van der Waals surface area contributed by atoms with Gasteiger partial charge in [0.15, 0.2) is 0 Å². The molecule has 0 saturated heterocycles. The molecule has 0 amide bonds. The van der Waals surface area contributed by atoms with E-state index in [9.17, 15) is 0 Å². The summed E-state index contributed by atoms with van der Waals surface area (Å²) in [6.07, 6.45) is 3.85. The largest absolute Gasteiger partial charge is 0.342 e. The lowest BCUT2D eigenvalue weighted by Gasteiger charge is -1.98. The first kappa shape index (κ1) is 9.88. The van der Waals surface area contributed by atoms with Gasteiger partial charge in [0.05, 0.1) is 0 Å². The lowest BCUT2D eigenvalue weighted by Crippen LogP contribution is -1.90. The maximum atomic E-state index is 8.70. The van der Waals surface area contributed by atoms with Crippen molar-refractivity contribution in [2.24, 2.45) is 0 Å². The summed E-state index contributed by atoms with van der Waals surface area (Å²) in [5, 5.41) is 11.9. The van der Waals surface area contributed by atoms with Crippen LogP contribution < -0.4 is 0 Å². The van der Waals surface area contributed by atoms with Gasteiger partial charge in [-0.05, 0) is 17.8 Å². The standard InChI is InChI=1S/C12H10N2S/c1-2-7-14-8-12(15-9-13)10-5-3-4-6-11(10)14/h2-6,8H,1,7H2. The summed E-state index contributed by atoms with van der Waals surface area (Å²) < 4.78 is 2.10. The SMILES string of the molecule is C=CCn1cc(SC#N)c2ccccc21. The van der Waals surface area contributed by atoms with Crippen LogP contribution in [0.15, 0.2) is 48.0 Å². The number of benzene rings is 1. The average molecular weight is 214 g/mol. The zero-order valence-corrected chi connectivity index (χ0v) is 9.00. The predicted octanol–water partition coefficient (Wildman–Crippen LogP) is 3.40. The van der Waals surface area contributed by atoms with E-state index in [-0.39, 0.29) is 0 Å². The van der Waals surface area contributed by atoms with Crippen molar-refractivity contribution in [2.45, 2.75) is 11.4 Å². The predicted molar refractivity (Wildman–Crippen MR) is 63.6 cm³/mol. The second kappa shape index (κ2) is 4.24. The average Bonchev–Trinajstić information content (AvgIpc) is 2.59. The van der Waals surface area contributed by atoms with E-state index in [1.165, 1.54) is 11.8 Å². The van der Waals surface area contributed by atoms with Crippen LogP contribution in [0.5, 0.6) is 0 Å². The molecule has 2 nitrogen and oxygen atoms in total. The highest BCUT2D eigenvalue weighted by molar-refractivity contribution is 8.04. The van der Waals surface area contributed by atoms with Gasteiger partial charge in [0, 0.05) is 28.5 Å². The van der Waals surface area contributed by atoms with Crippen LogP contribution in [0.25, 0.3) is 10.9 Å². The van der Waals surface area contributed by atoms with Crippen molar-refractivity contribution in [3.63, 3.8) is 0 Å². The fourth-order valence-electron chi connectivity index (χ4n) is 1.63. The minimum atomic E-state index is 0.770. The fourth-order valence-corrected chi connectivity index (χ4v) is 2.19. The monoisotopic (exact) mass is 214 g/mol. The first-order chi connectivity index (χ1) is 7.36. The van der Waals surface area contributed by atoms with Crippen LogP contribution in [0.2, 0.25) is 0 Å². The van der Waals surface area contributed by atoms with E-state index in [0.29, 0.717) is 0 Å². The molecule has 0 bridgehead atoms. The Bertz CT molecular complexity index is 534. The van der Waals surface area contributed by atoms with Gasteiger partial charge in [-0.25, -0.2) is 0 Å². The van der Waals surface area contributed by atoms with E-state index in [2.05, 4.69) is 22.6 Å². The molecule has 2 rings (SSSR count). The van der Waals surface area contributed by atoms with Crippen LogP contribution in [-0.4, -0.2) is 4.57 Å². The van der Waals surface area contributed by atoms with Crippen LogP contribution in [0.4, 0.5) is 0 Å². The summed E-state index contributed by atoms with van der Waals surface area (Å²) in [5.74, 6) is 0. The van der Waals surface area contributed by atoms with E-state index < -0.39 is 0 Å². The van der Waals surface area contributed by atoms with E-state index in [0.717, 1.165) is 22.3 Å². The molecule has 0 N–H and O–H groups in total. The Morgan fingerprint density at radius 2 is 2.27 bits per heavy atom. The Morgan fingerprint density at radius 1 is 1.47 bits per heavy atom. The van der Waals surface area contributed by atoms with E-state index in [1.54, 1.807) is 0 Å². The van der Waals surface area contributed by atoms with Crippen molar-refractivity contribution in [3.8, 4) is 5.40 Å². The van der Waals surface area contributed by atoms with Crippen LogP contribution in [0.1, 0.15) is 0 Å². The van der Waals surface area contributed by atoms with Crippen molar-refractivity contribution in [1.29, 1.82) is 5.26 Å². The second-order valence-electron chi connectivity index (χ2n) is 3.14. The summed E-state index contributed by atoms with van der Waals surface area (Å²) in [6.45, 7) is 4.50. The van der Waals surface area contributed by atoms with Gasteiger partial charge >= 0.3 is 0 Å². The summed E-state index contributed by atoms with van der Waals surface area (Å²) >= 11 is 1.20. The van der Waals surface area contributed by atoms with Crippen molar-refractivity contribution in [2.75, 3.05) is 0 Å². The molecule has 0 spiro atoms. The Labute approximate surface area is 92.8 Å². The number of thioether (sulfide) groups is 1. The number of thiocyanates is 1. The molecule has 0 saturated carbocycles. The highest BCUT2D eigenvalue weighted by atomic mass is 32.2. The second-order valence-corrected chi connectivity index (χ2v) is 3.97. The number of rotatable bonds is 3. The summed E-state index contributed by atoms with van der Waals surface area (Å²) in [4.78, 5) is 1.01. The molecule has 1 heterocycles. The summed E-state index contributed by atoms with van der Waals surface area (Å²) in [5.41, 5.74) is 1.15. The van der Waals surface area contributed by atoms with Crippen molar-refractivity contribution in [3.05, 3.63) is 43.1 Å². The molecule has 0 aliphatic rings. The number of hydrogen-bond donors (Lipinski definition) is 0. The Kier molecular flexibility index (Phi) is 2.79. The number of fused-ring (bicyclic) bond motifs is 1. The molecule has 0 aliphatic carbocycles. The van der Waals surface area contributed by atoms with Gasteiger partial charge in [0.25, 0.3) is 0 Å². The number of nitriles is 1. The summed E-state index contributed by atoms with van der Waals surface area (Å²) in [6, 6.07) is 8.08. The third-order valence-corrected chi connectivity index (χ3v) is 2.87. The van der Waals surface area contributed by atoms with Crippen molar-refractivity contribution >= 4 is 22.7 Å². The topological polar surface area (TPSA) is 28.7 Å². The maximum absolute atomic E-state index is 8.70. The van der Waals surface area contributed by atoms with Crippen LogP contribution in [0, 0.1) is 10.7 Å². The molecule has 3 heteroatoms. The minimum Gasteiger partial charge on any atom is -0.342 e. The van der Waals surface area contributed by atoms with Gasteiger partial charge in [-0.2, -0.15) is 5.26 Å². The molecule has 1 aromatic carbocycles. The molecule has 2 aromatic rings. The molecular formula is C12H10N2S. The number of para-hydroxylation sites is 1. The zero-order valence-electron chi connectivity index (χ0n) is 8.18. The van der Waals surface area contributed by atoms with E-state index >= 15 is 0 Å². The molecule has 0 atom stereocenters. The van der Waals surface area contributed by atoms with Crippen molar-refractivity contribution < 1.29 is 0 Å². The van der Waals surface area contributed by atoms with Gasteiger partial charge in [-0.1, -0.05) is 24.3 Å². The quantitative estimate of drug-likeness (QED) is 0.445. The number of hydrogen-bond acceptors (Lipinski definition) is 2. The molecule has 0 unspecified atom stereocenters. The first-order valence-corrected chi connectivity index (χ1v) is 5.43. The molecular weight excluding hydrogens is 204 g/mol. The highest BCUT2D eigenvalue weighted by Crippen LogP contribution is 2.29. The first-order valence-electron chi connectivity index (χ1n) is 4.61. The zero-order chi connectivity index (χ0) is 10.7. The molecule has 0 aliphatic heterocycles. The third-order valence-electron chi connectivity index (χ3n) is 2.23. The van der Waals surface area contributed by atoms with Crippen LogP contribution in [-0.2, 0) is 6.54 Å². The molecule has 1 aromatic heterocycles. The van der Waals surface area contributed by atoms with Gasteiger partial charge in [-0.15, -0.1) is 6.58 Å². The lowest BCUT2D eigenvalue weighted by molar-refractivity contribution is 0.858. The van der Waals surface area contributed by atoms with Crippen molar-refractivity contribution in [1.82, 2.24) is 4.57 Å². The van der Waals surface area contributed by atoms with Gasteiger partial charge in [0.2, 0.25) is 0 Å². The number of allylic oxidation sites excluding steroid dienone is 1. The molecule has 0 radical (unpaired) electrons. The third kappa shape index (κ3) is 1.77. The maximum Gasteiger partial charge on any atom is 0.138 e. The molecule has 0 fully saturated rings. The fraction of sp³-hybridized carbons (Fsp3) is 0.0833. The van der Waals surface area contributed by atoms with Gasteiger partial charge < -0.3 is 4.57 Å². The molecule has 74 valence electrons. The van der Waals surface area contributed by atoms with Gasteiger partial charge in [-0.3, -0.25) is 0 Å². The minimum absolute atomic E-state index is 0.770. The smallest absolute Gasteiger partial charge is 0.138 e. The normalized spacial score (nSPS) is 10.1. The number of nitrogens with zero attached hydrogens (tertiary/aromatic N) is 2. The highest BCUT2D eigenvalue weighted by Gasteiger charge is 2.06. The van der Waals surface area contributed by atoms with Gasteiger partial charge in [0.1, 0.15) is 5.40 Å². The Balaban J connectivity index is 2.63. The number of aromatic nitrogens is 1. The Hall–Kier alpha value is -1.66. The molecule has 15 heavy (non-hydrogen) atoms. The summed E-state index contributed by atoms with van der Waals surface area (Å²) in [7, 11) is 0. The lowest BCUT2D eigenvalue weighted by atomic mass is 10.2.